The number of aromatic nitrogens is 3. The van der Waals surface area contributed by atoms with Crippen molar-refractivity contribution < 1.29 is 4.79 Å². The van der Waals surface area contributed by atoms with Crippen LogP contribution in [-0.2, 0) is 6.54 Å². The molecule has 1 unspecified atom stereocenters. The van der Waals surface area contributed by atoms with E-state index in [1.165, 1.54) is 10.5 Å². The molecule has 7 nitrogen and oxygen atoms in total. The highest BCUT2D eigenvalue weighted by atomic mass is 16.2. The first-order valence-corrected chi connectivity index (χ1v) is 10.4. The summed E-state index contributed by atoms with van der Waals surface area (Å²) >= 11 is 0. The molecule has 158 valence electrons. The molecule has 3 heterocycles. The zero-order valence-corrected chi connectivity index (χ0v) is 17.8. The standard InChI is InChI=1S/C24H25N5O2/c1-4-12-28-21(25)18(23(30)26-16(3)17-8-6-5-7-9-17)13-19-22(28)27-20-11-10-15(2)14-29(20)24(19)31/h5-11,13-14,16,25H,4,12H2,1-3H3,(H,26,30). The van der Waals surface area contributed by atoms with Crippen molar-refractivity contribution in [3.63, 3.8) is 0 Å². The molecule has 4 aromatic rings. The Morgan fingerprint density at radius 2 is 1.94 bits per heavy atom. The van der Waals surface area contributed by atoms with E-state index < -0.39 is 0 Å². The highest BCUT2D eigenvalue weighted by molar-refractivity contribution is 5.97. The van der Waals surface area contributed by atoms with E-state index in [9.17, 15) is 9.59 Å². The fraction of sp³-hybridized carbons (Fsp3) is 0.250. The molecule has 0 bridgehead atoms. The summed E-state index contributed by atoms with van der Waals surface area (Å²) in [5.74, 6) is -0.387. The monoisotopic (exact) mass is 415 g/mol. The predicted octanol–water partition coefficient (Wildman–Crippen LogP) is 3.34. The summed E-state index contributed by atoms with van der Waals surface area (Å²) in [5.41, 5.74) is 2.80. The molecule has 0 radical (unpaired) electrons. The maximum atomic E-state index is 13.2. The number of carbonyl (C=O) groups is 1. The van der Waals surface area contributed by atoms with Gasteiger partial charge in [-0.25, -0.2) is 4.98 Å². The van der Waals surface area contributed by atoms with Gasteiger partial charge < -0.3 is 9.88 Å². The molecule has 1 amide bonds. The third kappa shape index (κ3) is 3.74. The van der Waals surface area contributed by atoms with Gasteiger partial charge in [-0.15, -0.1) is 0 Å². The van der Waals surface area contributed by atoms with E-state index in [-0.39, 0.29) is 28.6 Å². The number of benzene rings is 1. The van der Waals surface area contributed by atoms with Gasteiger partial charge in [0.1, 0.15) is 16.8 Å². The first kappa shape index (κ1) is 20.5. The smallest absolute Gasteiger partial charge is 0.267 e. The molecule has 0 aliphatic rings. The Balaban J connectivity index is 1.89. The Labute approximate surface area is 179 Å². The summed E-state index contributed by atoms with van der Waals surface area (Å²) in [6, 6.07) is 14.6. The SMILES string of the molecule is CCCn1c(=N)c(C(=O)NC(C)c2ccccc2)cc2c(=O)n3cc(C)ccc3nc21. The lowest BCUT2D eigenvalue weighted by Gasteiger charge is -2.17. The van der Waals surface area contributed by atoms with Gasteiger partial charge in [-0.1, -0.05) is 43.3 Å². The van der Waals surface area contributed by atoms with Gasteiger partial charge in [-0.2, -0.15) is 0 Å². The number of carbonyl (C=O) groups excluding carboxylic acids is 1. The number of nitrogens with zero attached hydrogens (tertiary/aromatic N) is 3. The summed E-state index contributed by atoms with van der Waals surface area (Å²) in [6.07, 6.45) is 2.48. The van der Waals surface area contributed by atoms with Crippen LogP contribution in [0.4, 0.5) is 0 Å². The Bertz CT molecular complexity index is 1400. The van der Waals surface area contributed by atoms with Crippen LogP contribution < -0.4 is 16.4 Å². The summed E-state index contributed by atoms with van der Waals surface area (Å²) in [5, 5.41) is 12.0. The molecule has 0 saturated carbocycles. The normalized spacial score (nSPS) is 12.2. The zero-order valence-electron chi connectivity index (χ0n) is 17.8. The lowest BCUT2D eigenvalue weighted by Crippen LogP contribution is -2.36. The van der Waals surface area contributed by atoms with Crippen LogP contribution in [0.2, 0.25) is 0 Å². The molecule has 0 aliphatic heterocycles. The maximum absolute atomic E-state index is 13.2. The number of aryl methyl sites for hydroxylation is 2. The third-order valence-corrected chi connectivity index (χ3v) is 5.39. The van der Waals surface area contributed by atoms with E-state index in [1.807, 2.05) is 57.2 Å². The number of rotatable bonds is 5. The Hall–Kier alpha value is -3.74. The minimum Gasteiger partial charge on any atom is -0.345 e. The molecular weight excluding hydrogens is 390 g/mol. The summed E-state index contributed by atoms with van der Waals surface area (Å²) < 4.78 is 3.14. The first-order chi connectivity index (χ1) is 14.9. The fourth-order valence-electron chi connectivity index (χ4n) is 3.76. The largest absolute Gasteiger partial charge is 0.345 e. The van der Waals surface area contributed by atoms with E-state index in [0.29, 0.717) is 23.2 Å². The second-order valence-corrected chi connectivity index (χ2v) is 7.75. The number of hydrogen-bond acceptors (Lipinski definition) is 4. The summed E-state index contributed by atoms with van der Waals surface area (Å²) in [4.78, 5) is 31.0. The van der Waals surface area contributed by atoms with Gasteiger partial charge in [-0.05, 0) is 43.5 Å². The van der Waals surface area contributed by atoms with Gasteiger partial charge in [0.2, 0.25) is 0 Å². The summed E-state index contributed by atoms with van der Waals surface area (Å²) in [7, 11) is 0. The molecule has 1 aromatic carbocycles. The molecule has 2 N–H and O–H groups in total. The highest BCUT2D eigenvalue weighted by Gasteiger charge is 2.19. The molecule has 7 heteroatoms. The van der Waals surface area contributed by atoms with Crippen LogP contribution in [0.25, 0.3) is 16.7 Å². The molecular formula is C24H25N5O2. The van der Waals surface area contributed by atoms with Gasteiger partial charge in [0, 0.05) is 12.7 Å². The van der Waals surface area contributed by atoms with E-state index in [4.69, 9.17) is 5.41 Å². The Morgan fingerprint density at radius 3 is 2.65 bits per heavy atom. The lowest BCUT2D eigenvalue weighted by atomic mass is 10.1. The van der Waals surface area contributed by atoms with Crippen LogP contribution >= 0.6 is 0 Å². The van der Waals surface area contributed by atoms with E-state index in [0.717, 1.165) is 17.5 Å². The van der Waals surface area contributed by atoms with Gasteiger partial charge >= 0.3 is 0 Å². The molecule has 0 spiro atoms. The summed E-state index contributed by atoms with van der Waals surface area (Å²) in [6.45, 7) is 6.27. The molecule has 0 saturated heterocycles. The average Bonchev–Trinajstić information content (AvgIpc) is 2.77. The fourth-order valence-corrected chi connectivity index (χ4v) is 3.76. The van der Waals surface area contributed by atoms with Crippen LogP contribution in [0.1, 0.15) is 47.8 Å². The number of amides is 1. The minimum atomic E-state index is -0.387. The van der Waals surface area contributed by atoms with Crippen LogP contribution in [0.15, 0.2) is 59.5 Å². The van der Waals surface area contributed by atoms with Gasteiger partial charge in [-0.3, -0.25) is 19.4 Å². The van der Waals surface area contributed by atoms with Crippen LogP contribution in [0, 0.1) is 12.3 Å². The van der Waals surface area contributed by atoms with Crippen molar-refractivity contribution in [2.45, 2.75) is 39.8 Å². The molecule has 0 fully saturated rings. The maximum Gasteiger partial charge on any atom is 0.267 e. The molecule has 31 heavy (non-hydrogen) atoms. The molecule has 0 aliphatic carbocycles. The average molecular weight is 415 g/mol. The van der Waals surface area contributed by atoms with Crippen molar-refractivity contribution >= 4 is 22.6 Å². The van der Waals surface area contributed by atoms with Crippen LogP contribution in [-0.4, -0.2) is 19.9 Å². The van der Waals surface area contributed by atoms with E-state index in [2.05, 4.69) is 10.3 Å². The molecule has 1 atom stereocenters. The van der Waals surface area contributed by atoms with Crippen LogP contribution in [0.5, 0.6) is 0 Å². The van der Waals surface area contributed by atoms with Crippen molar-refractivity contribution in [3.05, 3.63) is 87.3 Å². The number of fused-ring (bicyclic) bond motifs is 2. The van der Waals surface area contributed by atoms with Crippen molar-refractivity contribution in [2.75, 3.05) is 0 Å². The van der Waals surface area contributed by atoms with Crippen molar-refractivity contribution in [1.82, 2.24) is 19.3 Å². The third-order valence-electron chi connectivity index (χ3n) is 5.39. The topological polar surface area (TPSA) is 92.2 Å². The van der Waals surface area contributed by atoms with Gasteiger partial charge in [0.15, 0.2) is 0 Å². The second-order valence-electron chi connectivity index (χ2n) is 7.75. The number of nitrogens with one attached hydrogen (secondary N) is 2. The number of hydrogen-bond donors (Lipinski definition) is 2. The molecule has 3 aromatic heterocycles. The van der Waals surface area contributed by atoms with Crippen molar-refractivity contribution in [1.29, 1.82) is 5.41 Å². The second kappa shape index (κ2) is 8.18. The first-order valence-electron chi connectivity index (χ1n) is 10.4. The van der Waals surface area contributed by atoms with Crippen molar-refractivity contribution in [2.24, 2.45) is 0 Å². The van der Waals surface area contributed by atoms with E-state index in [1.54, 1.807) is 16.8 Å². The minimum absolute atomic E-state index is 0.0514. The Morgan fingerprint density at radius 1 is 1.19 bits per heavy atom. The van der Waals surface area contributed by atoms with E-state index >= 15 is 0 Å². The Kier molecular flexibility index (Phi) is 5.42. The molecule has 4 rings (SSSR count). The zero-order chi connectivity index (χ0) is 22.1. The van der Waals surface area contributed by atoms with Gasteiger partial charge in [0.25, 0.3) is 11.5 Å². The predicted molar refractivity (Wildman–Crippen MR) is 120 cm³/mol. The van der Waals surface area contributed by atoms with Crippen LogP contribution in [0.3, 0.4) is 0 Å². The lowest BCUT2D eigenvalue weighted by molar-refractivity contribution is 0.0937. The van der Waals surface area contributed by atoms with Crippen molar-refractivity contribution in [3.8, 4) is 0 Å². The van der Waals surface area contributed by atoms with Gasteiger partial charge in [0.05, 0.1) is 17.0 Å². The quantitative estimate of drug-likeness (QED) is 0.490. The highest BCUT2D eigenvalue weighted by Crippen LogP contribution is 2.14. The number of pyridine rings is 2.